The summed E-state index contributed by atoms with van der Waals surface area (Å²) in [5.74, 6) is 0.550. The van der Waals surface area contributed by atoms with Gasteiger partial charge in [-0.3, -0.25) is 4.79 Å². The topological polar surface area (TPSA) is 83.0 Å². The molecule has 148 valence electrons. The van der Waals surface area contributed by atoms with Crippen molar-refractivity contribution in [1.29, 1.82) is 0 Å². The zero-order chi connectivity index (χ0) is 20.6. The first kappa shape index (κ1) is 19.9. The van der Waals surface area contributed by atoms with Crippen LogP contribution in [-0.2, 0) is 4.79 Å². The van der Waals surface area contributed by atoms with Gasteiger partial charge in [0, 0.05) is 11.9 Å². The van der Waals surface area contributed by atoms with Crippen LogP contribution >= 0.6 is 0 Å². The minimum atomic E-state index is -0.384. The molecule has 0 aliphatic heterocycles. The highest BCUT2D eigenvalue weighted by molar-refractivity contribution is 5.87. The SMILES string of the molecule is CCC(C(N)=O)n1cc(C)c2nc(-c3ccc(C(C)C)nc3OC)c(C)cc21. The Kier molecular flexibility index (Phi) is 5.40. The molecule has 3 aromatic rings. The molecule has 3 aromatic heterocycles. The number of carbonyl (C=O) groups is 1. The lowest BCUT2D eigenvalue weighted by Gasteiger charge is -2.16. The second kappa shape index (κ2) is 7.62. The van der Waals surface area contributed by atoms with Crippen LogP contribution in [0, 0.1) is 13.8 Å². The normalized spacial score (nSPS) is 12.5. The van der Waals surface area contributed by atoms with E-state index in [2.05, 4.69) is 24.9 Å². The fourth-order valence-corrected chi connectivity index (χ4v) is 3.60. The second-order valence-corrected chi connectivity index (χ2v) is 7.52. The molecule has 0 aliphatic carbocycles. The summed E-state index contributed by atoms with van der Waals surface area (Å²) in [6.07, 6.45) is 2.59. The predicted octanol–water partition coefficient (Wildman–Crippen LogP) is 4.28. The summed E-state index contributed by atoms with van der Waals surface area (Å²) in [4.78, 5) is 21.5. The van der Waals surface area contributed by atoms with Gasteiger partial charge in [0.15, 0.2) is 0 Å². The summed E-state index contributed by atoms with van der Waals surface area (Å²) in [6.45, 7) is 10.2. The smallest absolute Gasteiger partial charge is 0.240 e. The molecule has 0 aromatic carbocycles. The predicted molar refractivity (Wildman–Crippen MR) is 112 cm³/mol. The van der Waals surface area contributed by atoms with E-state index < -0.39 is 0 Å². The van der Waals surface area contributed by atoms with E-state index in [-0.39, 0.29) is 11.9 Å². The third-order valence-corrected chi connectivity index (χ3v) is 5.15. The van der Waals surface area contributed by atoms with Crippen LogP contribution in [0.5, 0.6) is 5.88 Å². The first-order chi connectivity index (χ1) is 13.3. The van der Waals surface area contributed by atoms with E-state index in [4.69, 9.17) is 15.5 Å². The third-order valence-electron chi connectivity index (χ3n) is 5.15. The van der Waals surface area contributed by atoms with Crippen molar-refractivity contribution in [2.24, 2.45) is 5.73 Å². The molecule has 0 spiro atoms. The quantitative estimate of drug-likeness (QED) is 0.692. The van der Waals surface area contributed by atoms with Crippen molar-refractivity contribution >= 4 is 16.9 Å². The highest BCUT2D eigenvalue weighted by atomic mass is 16.5. The Bertz CT molecular complexity index is 1040. The van der Waals surface area contributed by atoms with Gasteiger partial charge in [-0.15, -0.1) is 0 Å². The monoisotopic (exact) mass is 380 g/mol. The lowest BCUT2D eigenvalue weighted by Crippen LogP contribution is -2.25. The zero-order valence-corrected chi connectivity index (χ0v) is 17.4. The maximum Gasteiger partial charge on any atom is 0.240 e. The number of ether oxygens (including phenoxy) is 1. The second-order valence-electron chi connectivity index (χ2n) is 7.52. The highest BCUT2D eigenvalue weighted by Crippen LogP contribution is 2.34. The van der Waals surface area contributed by atoms with E-state index in [0.29, 0.717) is 18.2 Å². The Balaban J connectivity index is 2.21. The van der Waals surface area contributed by atoms with Gasteiger partial charge in [-0.25, -0.2) is 9.97 Å². The van der Waals surface area contributed by atoms with Gasteiger partial charge in [-0.2, -0.15) is 0 Å². The Morgan fingerprint density at radius 1 is 1.21 bits per heavy atom. The number of aryl methyl sites for hydroxylation is 2. The number of hydrogen-bond acceptors (Lipinski definition) is 4. The minimum absolute atomic E-state index is 0.315. The third kappa shape index (κ3) is 3.35. The summed E-state index contributed by atoms with van der Waals surface area (Å²) in [5.41, 5.74) is 12.0. The fourth-order valence-electron chi connectivity index (χ4n) is 3.60. The van der Waals surface area contributed by atoms with Crippen molar-refractivity contribution in [3.8, 4) is 17.1 Å². The average Bonchev–Trinajstić information content (AvgIpc) is 2.96. The number of aromatic nitrogens is 3. The zero-order valence-electron chi connectivity index (χ0n) is 17.4. The maximum atomic E-state index is 11.9. The Morgan fingerprint density at radius 3 is 2.50 bits per heavy atom. The lowest BCUT2D eigenvalue weighted by atomic mass is 10.0. The Labute approximate surface area is 165 Å². The van der Waals surface area contributed by atoms with E-state index in [1.165, 1.54) is 0 Å². The summed E-state index contributed by atoms with van der Waals surface area (Å²) >= 11 is 0. The molecule has 0 aliphatic rings. The van der Waals surface area contributed by atoms with Crippen molar-refractivity contribution in [2.45, 2.75) is 53.0 Å². The molecular weight excluding hydrogens is 352 g/mol. The number of fused-ring (bicyclic) bond motifs is 1. The Morgan fingerprint density at radius 2 is 1.93 bits per heavy atom. The van der Waals surface area contributed by atoms with Gasteiger partial charge < -0.3 is 15.0 Å². The summed E-state index contributed by atoms with van der Waals surface area (Å²) < 4.78 is 7.50. The first-order valence-electron chi connectivity index (χ1n) is 9.61. The fraction of sp³-hybridized carbons (Fsp3) is 0.409. The van der Waals surface area contributed by atoms with Gasteiger partial charge >= 0.3 is 0 Å². The van der Waals surface area contributed by atoms with Crippen LogP contribution in [0.2, 0.25) is 0 Å². The summed E-state index contributed by atoms with van der Waals surface area (Å²) in [7, 11) is 1.63. The molecule has 0 bridgehead atoms. The number of nitrogens with two attached hydrogens (primary N) is 1. The molecule has 6 heteroatoms. The molecule has 3 heterocycles. The van der Waals surface area contributed by atoms with Gasteiger partial charge in [0.05, 0.1) is 29.4 Å². The van der Waals surface area contributed by atoms with Gasteiger partial charge in [-0.1, -0.05) is 20.8 Å². The van der Waals surface area contributed by atoms with Crippen molar-refractivity contribution < 1.29 is 9.53 Å². The number of pyridine rings is 2. The molecule has 1 amide bonds. The van der Waals surface area contributed by atoms with Crippen LogP contribution in [0.4, 0.5) is 0 Å². The number of rotatable bonds is 6. The van der Waals surface area contributed by atoms with Crippen LogP contribution in [0.1, 0.15) is 56.0 Å². The summed E-state index contributed by atoms with van der Waals surface area (Å²) in [6, 6.07) is 5.72. The summed E-state index contributed by atoms with van der Waals surface area (Å²) in [5, 5.41) is 0. The lowest BCUT2D eigenvalue weighted by molar-refractivity contribution is -0.121. The van der Waals surface area contributed by atoms with Gasteiger partial charge in [0.25, 0.3) is 0 Å². The molecular formula is C22H28N4O2. The number of nitrogens with zero attached hydrogens (tertiary/aromatic N) is 3. The molecule has 0 saturated carbocycles. The van der Waals surface area contributed by atoms with Gasteiger partial charge in [0.2, 0.25) is 11.8 Å². The van der Waals surface area contributed by atoms with Gasteiger partial charge in [0.1, 0.15) is 6.04 Å². The van der Waals surface area contributed by atoms with Crippen LogP contribution in [-0.4, -0.2) is 27.6 Å². The van der Waals surface area contributed by atoms with E-state index >= 15 is 0 Å². The van der Waals surface area contributed by atoms with Crippen molar-refractivity contribution in [2.75, 3.05) is 7.11 Å². The highest BCUT2D eigenvalue weighted by Gasteiger charge is 2.21. The van der Waals surface area contributed by atoms with Crippen molar-refractivity contribution in [1.82, 2.24) is 14.5 Å². The number of hydrogen-bond donors (Lipinski definition) is 1. The number of primary amides is 1. The van der Waals surface area contributed by atoms with E-state index in [9.17, 15) is 4.79 Å². The standard InChI is InChI=1S/C22H28N4O2/c1-7-17(21(23)27)26-11-14(5)20-18(26)10-13(4)19(25-20)15-8-9-16(12(2)3)24-22(15)28-6/h8-12,17H,7H2,1-6H3,(H2,23,27). The first-order valence-corrected chi connectivity index (χ1v) is 9.61. The largest absolute Gasteiger partial charge is 0.480 e. The van der Waals surface area contributed by atoms with E-state index in [0.717, 1.165) is 39.1 Å². The molecule has 3 rings (SSSR count). The molecule has 1 unspecified atom stereocenters. The molecule has 6 nitrogen and oxygen atoms in total. The van der Waals surface area contributed by atoms with Crippen LogP contribution in [0.3, 0.4) is 0 Å². The van der Waals surface area contributed by atoms with E-state index in [1.54, 1.807) is 7.11 Å². The number of amides is 1. The number of carbonyl (C=O) groups excluding carboxylic acids is 1. The maximum absolute atomic E-state index is 11.9. The van der Waals surface area contributed by atoms with Crippen LogP contribution in [0.25, 0.3) is 22.3 Å². The minimum Gasteiger partial charge on any atom is -0.480 e. The van der Waals surface area contributed by atoms with E-state index in [1.807, 2.05) is 43.7 Å². The number of methoxy groups -OCH3 is 1. The van der Waals surface area contributed by atoms with Crippen LogP contribution < -0.4 is 10.5 Å². The molecule has 0 saturated heterocycles. The van der Waals surface area contributed by atoms with Crippen molar-refractivity contribution in [3.05, 3.63) is 41.2 Å². The Hall–Kier alpha value is -2.89. The average molecular weight is 380 g/mol. The van der Waals surface area contributed by atoms with Crippen molar-refractivity contribution in [3.63, 3.8) is 0 Å². The molecule has 0 fully saturated rings. The molecule has 28 heavy (non-hydrogen) atoms. The van der Waals surface area contributed by atoms with Crippen LogP contribution in [0.15, 0.2) is 24.4 Å². The van der Waals surface area contributed by atoms with Gasteiger partial charge in [-0.05, 0) is 55.5 Å². The molecule has 0 radical (unpaired) electrons. The molecule has 1 atom stereocenters. The molecule has 2 N–H and O–H groups in total.